The molecule has 1 unspecified atom stereocenters. The van der Waals surface area contributed by atoms with E-state index in [2.05, 4.69) is 4.98 Å². The largest absolute Gasteiger partial charge is 0.507 e. The minimum Gasteiger partial charge on any atom is -0.507 e. The lowest BCUT2D eigenvalue weighted by atomic mass is 9.95. The number of aliphatic hydroxyl groups excluding tert-OH is 1. The Balaban J connectivity index is 1.93. The second-order valence-corrected chi connectivity index (χ2v) is 7.21. The van der Waals surface area contributed by atoms with Gasteiger partial charge in [0.25, 0.3) is 5.78 Å². The zero-order valence-corrected chi connectivity index (χ0v) is 15.4. The van der Waals surface area contributed by atoms with Gasteiger partial charge in [-0.1, -0.05) is 41.9 Å². The Morgan fingerprint density at radius 2 is 1.78 bits per heavy atom. The number of aromatic nitrogens is 1. The summed E-state index contributed by atoms with van der Waals surface area (Å²) in [5.41, 5.74) is 1.16. The lowest BCUT2D eigenvalue weighted by Gasteiger charge is -2.22. The summed E-state index contributed by atoms with van der Waals surface area (Å²) >= 11 is 7.17. The molecule has 0 spiro atoms. The fraction of sp³-hybridized carbons (Fsp3) is 0.0500. The Kier molecular flexibility index (Phi) is 4.51. The van der Waals surface area contributed by atoms with Gasteiger partial charge in [0.05, 0.1) is 11.6 Å². The number of rotatable bonds is 3. The van der Waals surface area contributed by atoms with Gasteiger partial charge in [0.1, 0.15) is 5.76 Å². The van der Waals surface area contributed by atoms with Crippen molar-refractivity contribution in [2.24, 2.45) is 0 Å². The molecule has 134 valence electrons. The average Bonchev–Trinajstić information content (AvgIpc) is 3.30. The van der Waals surface area contributed by atoms with Crippen molar-refractivity contribution in [3.63, 3.8) is 0 Å². The van der Waals surface area contributed by atoms with Crippen molar-refractivity contribution in [1.29, 1.82) is 0 Å². The summed E-state index contributed by atoms with van der Waals surface area (Å²) in [4.78, 5) is 31.1. The number of amides is 1. The first kappa shape index (κ1) is 17.5. The Morgan fingerprint density at radius 1 is 1.07 bits per heavy atom. The van der Waals surface area contributed by atoms with Crippen LogP contribution >= 0.6 is 22.9 Å². The number of nitrogens with zero attached hydrogens (tertiary/aromatic N) is 2. The van der Waals surface area contributed by atoms with Gasteiger partial charge in [-0.2, -0.15) is 0 Å². The summed E-state index contributed by atoms with van der Waals surface area (Å²) in [7, 11) is 0. The molecule has 0 aliphatic carbocycles. The molecule has 0 saturated carbocycles. The van der Waals surface area contributed by atoms with Crippen LogP contribution in [-0.2, 0) is 9.59 Å². The molecule has 2 aromatic carbocycles. The third kappa shape index (κ3) is 3.03. The Morgan fingerprint density at radius 3 is 2.41 bits per heavy atom. The third-order valence-corrected chi connectivity index (χ3v) is 5.33. The molecule has 1 aliphatic heterocycles. The first-order valence-electron chi connectivity index (χ1n) is 8.09. The monoisotopic (exact) mass is 396 g/mol. The molecular formula is C20H13ClN2O3S. The highest BCUT2D eigenvalue weighted by Gasteiger charge is 2.47. The van der Waals surface area contributed by atoms with Gasteiger partial charge in [0.15, 0.2) is 5.13 Å². The number of aliphatic hydroxyl groups is 1. The quantitative estimate of drug-likeness (QED) is 0.404. The summed E-state index contributed by atoms with van der Waals surface area (Å²) in [5, 5.41) is 13.5. The lowest BCUT2D eigenvalue weighted by molar-refractivity contribution is -0.132. The summed E-state index contributed by atoms with van der Waals surface area (Å²) < 4.78 is 0. The van der Waals surface area contributed by atoms with Crippen LogP contribution < -0.4 is 4.90 Å². The van der Waals surface area contributed by atoms with Gasteiger partial charge in [-0.15, -0.1) is 11.3 Å². The lowest BCUT2D eigenvalue weighted by Crippen LogP contribution is -2.29. The highest BCUT2D eigenvalue weighted by Crippen LogP contribution is 2.42. The molecular weight excluding hydrogens is 384 g/mol. The number of ketones is 1. The van der Waals surface area contributed by atoms with E-state index < -0.39 is 17.7 Å². The van der Waals surface area contributed by atoms with Gasteiger partial charge >= 0.3 is 5.91 Å². The van der Waals surface area contributed by atoms with Crippen molar-refractivity contribution in [2.45, 2.75) is 6.04 Å². The van der Waals surface area contributed by atoms with Crippen LogP contribution in [0.15, 0.2) is 71.7 Å². The highest BCUT2D eigenvalue weighted by molar-refractivity contribution is 7.14. The van der Waals surface area contributed by atoms with E-state index in [1.165, 1.54) is 16.2 Å². The van der Waals surface area contributed by atoms with Crippen LogP contribution in [0.1, 0.15) is 17.2 Å². The predicted molar refractivity (Wildman–Crippen MR) is 105 cm³/mol. The normalized spacial score (nSPS) is 18.9. The van der Waals surface area contributed by atoms with E-state index in [-0.39, 0.29) is 11.3 Å². The van der Waals surface area contributed by atoms with E-state index in [4.69, 9.17) is 11.6 Å². The molecule has 27 heavy (non-hydrogen) atoms. The summed E-state index contributed by atoms with van der Waals surface area (Å²) in [5.74, 6) is -1.70. The van der Waals surface area contributed by atoms with Crippen LogP contribution in [0.4, 0.5) is 5.13 Å². The standard InChI is InChI=1S/C20H13ClN2O3S/c21-14-8-6-13(7-9-14)17(24)15-16(12-4-2-1-3-5-12)23(19(26)18(15)25)20-22-10-11-27-20/h1-11,16,24H. The van der Waals surface area contributed by atoms with Crippen molar-refractivity contribution in [3.05, 3.63) is 87.9 Å². The maximum absolute atomic E-state index is 12.8. The molecule has 4 rings (SSSR count). The minimum atomic E-state index is -0.756. The van der Waals surface area contributed by atoms with Gasteiger partial charge in [0, 0.05) is 22.2 Å². The second kappa shape index (κ2) is 6.98. The number of hydrogen-bond donors (Lipinski definition) is 1. The van der Waals surface area contributed by atoms with E-state index >= 15 is 0 Å². The molecule has 1 fully saturated rings. The second-order valence-electron chi connectivity index (χ2n) is 5.90. The van der Waals surface area contributed by atoms with Crippen LogP contribution in [0.3, 0.4) is 0 Å². The van der Waals surface area contributed by atoms with Crippen LogP contribution in [0.5, 0.6) is 0 Å². The Labute approximate surface area is 164 Å². The molecule has 0 bridgehead atoms. The minimum absolute atomic E-state index is 0.0312. The highest BCUT2D eigenvalue weighted by atomic mass is 35.5. The van der Waals surface area contributed by atoms with E-state index in [1.807, 2.05) is 30.3 Å². The van der Waals surface area contributed by atoms with Gasteiger partial charge < -0.3 is 5.11 Å². The van der Waals surface area contributed by atoms with E-state index in [9.17, 15) is 14.7 Å². The zero-order chi connectivity index (χ0) is 19.0. The van der Waals surface area contributed by atoms with Crippen LogP contribution in [0.2, 0.25) is 5.02 Å². The molecule has 1 N–H and O–H groups in total. The smallest absolute Gasteiger partial charge is 0.301 e. The number of anilines is 1. The van der Waals surface area contributed by atoms with E-state index in [1.54, 1.807) is 35.8 Å². The topological polar surface area (TPSA) is 70.5 Å². The van der Waals surface area contributed by atoms with E-state index in [0.29, 0.717) is 21.3 Å². The van der Waals surface area contributed by atoms with Crippen molar-refractivity contribution in [2.75, 3.05) is 4.90 Å². The molecule has 1 saturated heterocycles. The van der Waals surface area contributed by atoms with Crippen LogP contribution in [-0.4, -0.2) is 21.8 Å². The predicted octanol–water partition coefficient (Wildman–Crippen LogP) is 4.42. The van der Waals surface area contributed by atoms with Crippen molar-refractivity contribution in [3.8, 4) is 0 Å². The Bertz CT molecular complexity index is 1030. The zero-order valence-electron chi connectivity index (χ0n) is 13.9. The first-order valence-corrected chi connectivity index (χ1v) is 9.35. The van der Waals surface area contributed by atoms with Gasteiger partial charge in [0.2, 0.25) is 0 Å². The maximum atomic E-state index is 12.8. The molecule has 5 nitrogen and oxygen atoms in total. The van der Waals surface area contributed by atoms with Crippen LogP contribution in [0, 0.1) is 0 Å². The Hall–Kier alpha value is -2.96. The van der Waals surface area contributed by atoms with Gasteiger partial charge in [-0.25, -0.2) is 4.98 Å². The van der Waals surface area contributed by atoms with Crippen molar-refractivity contribution >= 4 is 45.5 Å². The van der Waals surface area contributed by atoms with Crippen LogP contribution in [0.25, 0.3) is 5.76 Å². The third-order valence-electron chi connectivity index (χ3n) is 4.30. The summed E-state index contributed by atoms with van der Waals surface area (Å²) in [6, 6.07) is 14.8. The molecule has 3 aromatic rings. The molecule has 0 radical (unpaired) electrons. The molecule has 7 heteroatoms. The fourth-order valence-electron chi connectivity index (χ4n) is 3.08. The fourth-order valence-corrected chi connectivity index (χ4v) is 3.87. The van der Waals surface area contributed by atoms with Gasteiger partial charge in [-0.05, 0) is 29.8 Å². The molecule has 1 atom stereocenters. The summed E-state index contributed by atoms with van der Waals surface area (Å²) in [6.45, 7) is 0. The average molecular weight is 397 g/mol. The SMILES string of the molecule is O=C1C(=O)N(c2nccs2)C(c2ccccc2)C1=C(O)c1ccc(Cl)cc1. The molecule has 2 heterocycles. The van der Waals surface area contributed by atoms with E-state index in [0.717, 1.165) is 0 Å². The molecule has 1 amide bonds. The molecule has 1 aliphatic rings. The number of Topliss-reactive ketones (excluding diaryl/α,β-unsaturated/α-hetero) is 1. The number of hydrogen-bond acceptors (Lipinski definition) is 5. The number of thiazole rings is 1. The molecule has 1 aromatic heterocycles. The number of carbonyl (C=O) groups is 2. The number of halogens is 1. The van der Waals surface area contributed by atoms with Gasteiger partial charge in [-0.3, -0.25) is 14.5 Å². The summed E-state index contributed by atoms with van der Waals surface area (Å²) in [6.07, 6.45) is 1.57. The number of benzene rings is 2. The maximum Gasteiger partial charge on any atom is 0.301 e. The van der Waals surface area contributed by atoms with Crippen molar-refractivity contribution < 1.29 is 14.7 Å². The number of carbonyl (C=O) groups excluding carboxylic acids is 2. The van der Waals surface area contributed by atoms with Crippen molar-refractivity contribution in [1.82, 2.24) is 4.98 Å². The first-order chi connectivity index (χ1) is 13.1.